The highest BCUT2D eigenvalue weighted by molar-refractivity contribution is 5.94. The van der Waals surface area contributed by atoms with Crippen LogP contribution in [0.5, 0.6) is 0 Å². The van der Waals surface area contributed by atoms with E-state index in [1.54, 1.807) is 0 Å². The molecule has 4 nitrogen and oxygen atoms in total. The standard InChI is InChI=1S/C22H26N2O2/c1-2-8-20(18-10-4-3-5-11-18)23-22(26)19-12-6-9-17(15-19)16-24-14-7-13-21(24)25/h3-6,9-12,15,20H,2,7-8,13-14,16H2,1H3,(H,23,26). The van der Waals surface area contributed by atoms with Gasteiger partial charge in [0, 0.05) is 25.1 Å². The lowest BCUT2D eigenvalue weighted by atomic mass is 10.0. The molecule has 3 rings (SSSR count). The maximum Gasteiger partial charge on any atom is 0.251 e. The highest BCUT2D eigenvalue weighted by Crippen LogP contribution is 2.20. The number of rotatable bonds is 7. The van der Waals surface area contributed by atoms with Gasteiger partial charge in [-0.25, -0.2) is 0 Å². The summed E-state index contributed by atoms with van der Waals surface area (Å²) in [5, 5.41) is 3.16. The van der Waals surface area contributed by atoms with E-state index in [1.165, 1.54) is 0 Å². The minimum absolute atomic E-state index is 0.0116. The van der Waals surface area contributed by atoms with Crippen molar-refractivity contribution >= 4 is 11.8 Å². The molecule has 1 aliphatic heterocycles. The smallest absolute Gasteiger partial charge is 0.251 e. The second kappa shape index (κ2) is 8.65. The summed E-state index contributed by atoms with van der Waals surface area (Å²) in [5.41, 5.74) is 2.77. The van der Waals surface area contributed by atoms with E-state index < -0.39 is 0 Å². The summed E-state index contributed by atoms with van der Waals surface area (Å²) in [7, 11) is 0. The van der Waals surface area contributed by atoms with Gasteiger partial charge in [0.2, 0.25) is 5.91 Å². The molecule has 1 fully saturated rings. The van der Waals surface area contributed by atoms with Crippen molar-refractivity contribution in [3.63, 3.8) is 0 Å². The Morgan fingerprint density at radius 3 is 2.65 bits per heavy atom. The van der Waals surface area contributed by atoms with Gasteiger partial charge in [-0.3, -0.25) is 9.59 Å². The maximum absolute atomic E-state index is 12.8. The molecule has 0 radical (unpaired) electrons. The van der Waals surface area contributed by atoms with Gasteiger partial charge in [0.1, 0.15) is 0 Å². The first-order chi connectivity index (χ1) is 12.7. The van der Waals surface area contributed by atoms with E-state index in [0.29, 0.717) is 18.5 Å². The van der Waals surface area contributed by atoms with Gasteiger partial charge in [0.25, 0.3) is 5.91 Å². The van der Waals surface area contributed by atoms with Crippen molar-refractivity contribution < 1.29 is 9.59 Å². The van der Waals surface area contributed by atoms with Crippen LogP contribution in [0.25, 0.3) is 0 Å². The van der Waals surface area contributed by atoms with E-state index in [0.717, 1.165) is 36.9 Å². The molecule has 1 heterocycles. The topological polar surface area (TPSA) is 49.4 Å². The summed E-state index contributed by atoms with van der Waals surface area (Å²) in [6.07, 6.45) is 3.46. The van der Waals surface area contributed by atoms with E-state index >= 15 is 0 Å². The van der Waals surface area contributed by atoms with Crippen molar-refractivity contribution in [2.45, 2.75) is 45.2 Å². The molecular formula is C22H26N2O2. The quantitative estimate of drug-likeness (QED) is 0.818. The number of amides is 2. The average molecular weight is 350 g/mol. The number of carbonyl (C=O) groups is 2. The van der Waals surface area contributed by atoms with Crippen LogP contribution in [0.1, 0.15) is 60.1 Å². The summed E-state index contributed by atoms with van der Waals surface area (Å²) in [6.45, 7) is 3.51. The van der Waals surface area contributed by atoms with Crippen molar-refractivity contribution in [1.82, 2.24) is 10.2 Å². The lowest BCUT2D eigenvalue weighted by Crippen LogP contribution is -2.29. The molecule has 1 unspecified atom stereocenters. The Hall–Kier alpha value is -2.62. The molecular weight excluding hydrogens is 324 g/mol. The average Bonchev–Trinajstić information content (AvgIpc) is 3.07. The van der Waals surface area contributed by atoms with Crippen molar-refractivity contribution in [1.29, 1.82) is 0 Å². The number of nitrogens with one attached hydrogen (secondary N) is 1. The molecule has 2 amide bonds. The molecule has 2 aromatic rings. The largest absolute Gasteiger partial charge is 0.345 e. The molecule has 4 heteroatoms. The highest BCUT2D eigenvalue weighted by Gasteiger charge is 2.20. The van der Waals surface area contributed by atoms with Gasteiger partial charge >= 0.3 is 0 Å². The monoisotopic (exact) mass is 350 g/mol. The molecule has 0 spiro atoms. The van der Waals surface area contributed by atoms with Crippen LogP contribution in [-0.4, -0.2) is 23.3 Å². The van der Waals surface area contributed by atoms with Gasteiger partial charge in [0.05, 0.1) is 6.04 Å². The van der Waals surface area contributed by atoms with Gasteiger partial charge in [0.15, 0.2) is 0 Å². The molecule has 0 aromatic heterocycles. The minimum Gasteiger partial charge on any atom is -0.345 e. The van der Waals surface area contributed by atoms with Crippen LogP contribution < -0.4 is 5.32 Å². The number of benzene rings is 2. The van der Waals surface area contributed by atoms with Crippen molar-refractivity contribution in [2.75, 3.05) is 6.54 Å². The van der Waals surface area contributed by atoms with E-state index in [-0.39, 0.29) is 17.9 Å². The predicted molar refractivity (Wildman–Crippen MR) is 103 cm³/mol. The van der Waals surface area contributed by atoms with Gasteiger partial charge in [-0.2, -0.15) is 0 Å². The van der Waals surface area contributed by atoms with Crippen LogP contribution in [0, 0.1) is 0 Å². The number of hydrogen-bond acceptors (Lipinski definition) is 2. The second-order valence-corrected chi connectivity index (χ2v) is 6.84. The van der Waals surface area contributed by atoms with Crippen LogP contribution >= 0.6 is 0 Å². The Morgan fingerprint density at radius 2 is 1.96 bits per heavy atom. The zero-order chi connectivity index (χ0) is 18.4. The maximum atomic E-state index is 12.8. The van der Waals surface area contributed by atoms with Crippen LogP contribution in [-0.2, 0) is 11.3 Å². The SMILES string of the molecule is CCCC(NC(=O)c1cccc(CN2CCCC2=O)c1)c1ccccc1. The van der Waals surface area contributed by atoms with Crippen LogP contribution in [0.15, 0.2) is 54.6 Å². The van der Waals surface area contributed by atoms with Crippen LogP contribution in [0.3, 0.4) is 0 Å². The van der Waals surface area contributed by atoms with Crippen molar-refractivity contribution in [3.05, 3.63) is 71.3 Å². The number of carbonyl (C=O) groups excluding carboxylic acids is 2. The van der Waals surface area contributed by atoms with Gasteiger partial charge in [-0.1, -0.05) is 55.8 Å². The summed E-state index contributed by atoms with van der Waals surface area (Å²) >= 11 is 0. The van der Waals surface area contributed by atoms with Crippen molar-refractivity contribution in [2.24, 2.45) is 0 Å². The fraction of sp³-hybridized carbons (Fsp3) is 0.364. The molecule has 1 atom stereocenters. The first kappa shape index (κ1) is 18.2. The van der Waals surface area contributed by atoms with E-state index in [4.69, 9.17) is 0 Å². The Balaban J connectivity index is 1.70. The third-order valence-electron chi connectivity index (χ3n) is 4.82. The Labute approximate surface area is 155 Å². The van der Waals surface area contributed by atoms with E-state index in [9.17, 15) is 9.59 Å². The summed E-state index contributed by atoms with van der Waals surface area (Å²) in [4.78, 5) is 26.4. The van der Waals surface area contributed by atoms with E-state index in [2.05, 4.69) is 24.4 Å². The molecule has 136 valence electrons. The third kappa shape index (κ3) is 4.51. The van der Waals surface area contributed by atoms with E-state index in [1.807, 2.05) is 47.4 Å². The fourth-order valence-corrected chi connectivity index (χ4v) is 3.44. The predicted octanol–water partition coefficient (Wildman–Crippen LogP) is 4.08. The number of likely N-dealkylation sites (tertiary alicyclic amines) is 1. The molecule has 26 heavy (non-hydrogen) atoms. The first-order valence-corrected chi connectivity index (χ1v) is 9.40. The molecule has 1 saturated heterocycles. The Bertz CT molecular complexity index is 758. The lowest BCUT2D eigenvalue weighted by Gasteiger charge is -2.19. The van der Waals surface area contributed by atoms with Gasteiger partial charge in [-0.05, 0) is 36.1 Å². The second-order valence-electron chi connectivity index (χ2n) is 6.84. The molecule has 0 aliphatic carbocycles. The molecule has 2 aromatic carbocycles. The first-order valence-electron chi connectivity index (χ1n) is 9.40. The fourth-order valence-electron chi connectivity index (χ4n) is 3.44. The summed E-state index contributed by atoms with van der Waals surface area (Å²) in [5.74, 6) is 0.133. The Kier molecular flexibility index (Phi) is 6.05. The highest BCUT2D eigenvalue weighted by atomic mass is 16.2. The molecule has 1 N–H and O–H groups in total. The number of nitrogens with zero attached hydrogens (tertiary/aromatic N) is 1. The molecule has 0 bridgehead atoms. The summed E-state index contributed by atoms with van der Waals surface area (Å²) < 4.78 is 0. The van der Waals surface area contributed by atoms with Gasteiger partial charge in [-0.15, -0.1) is 0 Å². The third-order valence-corrected chi connectivity index (χ3v) is 4.82. The number of hydrogen-bond donors (Lipinski definition) is 1. The van der Waals surface area contributed by atoms with Crippen molar-refractivity contribution in [3.8, 4) is 0 Å². The molecule has 1 aliphatic rings. The lowest BCUT2D eigenvalue weighted by molar-refractivity contribution is -0.128. The zero-order valence-electron chi connectivity index (χ0n) is 15.3. The normalized spacial score (nSPS) is 15.1. The molecule has 0 saturated carbocycles. The van der Waals surface area contributed by atoms with Crippen LogP contribution in [0.4, 0.5) is 0 Å². The van der Waals surface area contributed by atoms with Crippen LogP contribution in [0.2, 0.25) is 0 Å². The zero-order valence-corrected chi connectivity index (χ0v) is 15.3. The minimum atomic E-state index is -0.0677. The summed E-state index contributed by atoms with van der Waals surface area (Å²) in [6, 6.07) is 17.7. The Morgan fingerprint density at radius 1 is 1.15 bits per heavy atom. The van der Waals surface area contributed by atoms with Gasteiger partial charge < -0.3 is 10.2 Å².